The summed E-state index contributed by atoms with van der Waals surface area (Å²) in [7, 11) is 1.55. The van der Waals surface area contributed by atoms with Crippen molar-refractivity contribution in [3.05, 3.63) is 29.8 Å². The molecule has 0 spiro atoms. The van der Waals surface area contributed by atoms with E-state index in [0.29, 0.717) is 30.7 Å². The van der Waals surface area contributed by atoms with Gasteiger partial charge < -0.3 is 20.5 Å². The van der Waals surface area contributed by atoms with Crippen LogP contribution in [-0.2, 0) is 9.59 Å². The summed E-state index contributed by atoms with van der Waals surface area (Å²) in [5.41, 5.74) is 0.445. The highest BCUT2D eigenvalue weighted by atomic mass is 16.5. The van der Waals surface area contributed by atoms with Crippen LogP contribution in [0.4, 0.5) is 0 Å². The molecule has 0 aromatic heterocycles. The normalized spacial score (nSPS) is 11.7. The first-order valence-electron chi connectivity index (χ1n) is 8.29. The first-order valence-corrected chi connectivity index (χ1v) is 8.29. The van der Waals surface area contributed by atoms with E-state index in [4.69, 9.17) is 9.84 Å². The zero-order chi connectivity index (χ0) is 18.8. The van der Waals surface area contributed by atoms with Crippen molar-refractivity contribution in [1.82, 2.24) is 10.6 Å². The van der Waals surface area contributed by atoms with Gasteiger partial charge >= 0.3 is 5.97 Å². The van der Waals surface area contributed by atoms with Gasteiger partial charge in [0.1, 0.15) is 11.8 Å². The van der Waals surface area contributed by atoms with Crippen molar-refractivity contribution in [1.29, 1.82) is 0 Å². The zero-order valence-electron chi connectivity index (χ0n) is 14.9. The molecule has 0 saturated carbocycles. The van der Waals surface area contributed by atoms with E-state index in [2.05, 4.69) is 10.6 Å². The highest BCUT2D eigenvalue weighted by Crippen LogP contribution is 2.12. The molecule has 138 valence electrons. The monoisotopic (exact) mass is 350 g/mol. The Kier molecular flexibility index (Phi) is 8.46. The van der Waals surface area contributed by atoms with E-state index in [-0.39, 0.29) is 24.2 Å². The molecule has 0 saturated heterocycles. The smallest absolute Gasteiger partial charge is 0.303 e. The summed E-state index contributed by atoms with van der Waals surface area (Å²) in [4.78, 5) is 35.1. The molecule has 0 radical (unpaired) electrons. The predicted molar refractivity (Wildman–Crippen MR) is 93.6 cm³/mol. The quantitative estimate of drug-likeness (QED) is 0.558. The molecule has 7 nitrogen and oxygen atoms in total. The van der Waals surface area contributed by atoms with Gasteiger partial charge in [-0.15, -0.1) is 0 Å². The number of carbonyl (C=O) groups is 3. The molecule has 0 heterocycles. The lowest BCUT2D eigenvalue weighted by atomic mass is 10.0. The highest BCUT2D eigenvalue weighted by molar-refractivity contribution is 5.97. The Hall–Kier alpha value is -2.57. The van der Waals surface area contributed by atoms with E-state index in [9.17, 15) is 14.4 Å². The summed E-state index contributed by atoms with van der Waals surface area (Å²) >= 11 is 0. The van der Waals surface area contributed by atoms with E-state index < -0.39 is 12.0 Å². The number of ether oxygens (including phenoxy) is 1. The average molecular weight is 350 g/mol. The molecule has 1 unspecified atom stereocenters. The van der Waals surface area contributed by atoms with Crippen LogP contribution in [-0.4, -0.2) is 42.6 Å². The lowest BCUT2D eigenvalue weighted by molar-refractivity contribution is -0.137. The van der Waals surface area contributed by atoms with Gasteiger partial charge in [-0.2, -0.15) is 0 Å². The van der Waals surface area contributed by atoms with Crippen LogP contribution in [0.1, 0.15) is 43.5 Å². The lowest BCUT2D eigenvalue weighted by Gasteiger charge is -2.21. The number of methoxy groups -OCH3 is 1. The summed E-state index contributed by atoms with van der Waals surface area (Å²) in [6.07, 6.45) is 1.16. The van der Waals surface area contributed by atoms with Crippen LogP contribution >= 0.6 is 0 Å². The molecule has 0 aliphatic heterocycles. The number of rotatable bonds is 10. The number of nitrogens with one attached hydrogen (secondary N) is 2. The van der Waals surface area contributed by atoms with Crippen molar-refractivity contribution < 1.29 is 24.2 Å². The largest absolute Gasteiger partial charge is 0.497 e. The standard InChI is InChI=1S/C18H26N2O5/c1-12(2)16(18(24)19-11-5-4-6-15(21)22)20-17(23)13-7-9-14(25-3)10-8-13/h7-10,12,16H,4-6,11H2,1-3H3,(H,19,24)(H,20,23)(H,21,22). The topological polar surface area (TPSA) is 105 Å². The molecular formula is C18H26N2O5. The molecule has 1 aromatic rings. The molecule has 0 bridgehead atoms. The number of unbranched alkanes of at least 4 members (excludes halogenated alkanes) is 1. The van der Waals surface area contributed by atoms with Gasteiger partial charge in [0.05, 0.1) is 7.11 Å². The van der Waals surface area contributed by atoms with Crippen LogP contribution in [0, 0.1) is 5.92 Å². The van der Waals surface area contributed by atoms with Crippen molar-refractivity contribution in [2.24, 2.45) is 5.92 Å². The molecule has 2 amide bonds. The Morgan fingerprint density at radius 1 is 1.12 bits per heavy atom. The lowest BCUT2D eigenvalue weighted by Crippen LogP contribution is -2.49. The van der Waals surface area contributed by atoms with E-state index in [0.717, 1.165) is 0 Å². The Balaban J connectivity index is 2.55. The van der Waals surface area contributed by atoms with Crippen LogP contribution in [0.3, 0.4) is 0 Å². The predicted octanol–water partition coefficient (Wildman–Crippen LogP) is 1.82. The van der Waals surface area contributed by atoms with Crippen LogP contribution in [0.15, 0.2) is 24.3 Å². The van der Waals surface area contributed by atoms with Crippen LogP contribution in [0.5, 0.6) is 5.75 Å². The number of amides is 2. The first kappa shape index (κ1) is 20.5. The molecule has 25 heavy (non-hydrogen) atoms. The van der Waals surface area contributed by atoms with Gasteiger partial charge in [0.25, 0.3) is 5.91 Å². The maximum atomic E-state index is 12.3. The maximum absolute atomic E-state index is 12.3. The molecule has 1 rings (SSSR count). The van der Waals surface area contributed by atoms with Gasteiger partial charge in [0.2, 0.25) is 5.91 Å². The number of carboxylic acid groups (broad SMARTS) is 1. The molecule has 1 aromatic carbocycles. The molecular weight excluding hydrogens is 324 g/mol. The Labute approximate surface area is 147 Å². The Morgan fingerprint density at radius 2 is 1.76 bits per heavy atom. The van der Waals surface area contributed by atoms with E-state index >= 15 is 0 Å². The van der Waals surface area contributed by atoms with Crippen LogP contribution in [0.25, 0.3) is 0 Å². The molecule has 0 aliphatic rings. The fraction of sp³-hybridized carbons (Fsp3) is 0.500. The first-order chi connectivity index (χ1) is 11.8. The second kappa shape index (κ2) is 10.3. The number of carbonyl (C=O) groups excluding carboxylic acids is 2. The van der Waals surface area contributed by atoms with Gasteiger partial charge in [0.15, 0.2) is 0 Å². The fourth-order valence-corrected chi connectivity index (χ4v) is 2.22. The van der Waals surface area contributed by atoms with E-state index in [1.807, 2.05) is 13.8 Å². The number of hydrogen-bond acceptors (Lipinski definition) is 4. The molecule has 1 atom stereocenters. The minimum absolute atomic E-state index is 0.0810. The van der Waals surface area contributed by atoms with Gasteiger partial charge in [-0.3, -0.25) is 14.4 Å². The van der Waals surface area contributed by atoms with Gasteiger partial charge in [-0.25, -0.2) is 0 Å². The van der Waals surface area contributed by atoms with Gasteiger partial charge in [0, 0.05) is 18.5 Å². The third-order valence-corrected chi connectivity index (χ3v) is 3.70. The minimum atomic E-state index is -0.849. The van der Waals surface area contributed by atoms with Crippen molar-refractivity contribution in [3.8, 4) is 5.75 Å². The third kappa shape index (κ3) is 7.24. The van der Waals surface area contributed by atoms with Crippen LogP contribution < -0.4 is 15.4 Å². The van der Waals surface area contributed by atoms with E-state index in [1.54, 1.807) is 31.4 Å². The summed E-state index contributed by atoms with van der Waals surface area (Å²) in [5.74, 6) is -0.884. The molecule has 7 heteroatoms. The summed E-state index contributed by atoms with van der Waals surface area (Å²) < 4.78 is 5.05. The molecule has 3 N–H and O–H groups in total. The van der Waals surface area contributed by atoms with Gasteiger partial charge in [-0.05, 0) is 43.0 Å². The molecule has 0 aliphatic carbocycles. The third-order valence-electron chi connectivity index (χ3n) is 3.70. The summed E-state index contributed by atoms with van der Waals surface area (Å²) in [6, 6.07) is 5.98. The van der Waals surface area contributed by atoms with E-state index in [1.165, 1.54) is 0 Å². The summed E-state index contributed by atoms with van der Waals surface area (Å²) in [6.45, 7) is 4.08. The van der Waals surface area contributed by atoms with Crippen molar-refractivity contribution in [2.45, 2.75) is 39.2 Å². The fourth-order valence-electron chi connectivity index (χ4n) is 2.22. The maximum Gasteiger partial charge on any atom is 0.303 e. The number of carboxylic acids is 1. The number of aliphatic carboxylic acids is 1. The number of benzene rings is 1. The highest BCUT2D eigenvalue weighted by Gasteiger charge is 2.24. The Bertz CT molecular complexity index is 584. The zero-order valence-corrected chi connectivity index (χ0v) is 14.9. The minimum Gasteiger partial charge on any atom is -0.497 e. The number of hydrogen-bond donors (Lipinski definition) is 3. The molecule has 0 fully saturated rings. The summed E-state index contributed by atoms with van der Waals surface area (Å²) in [5, 5.41) is 14.1. The average Bonchev–Trinajstić information content (AvgIpc) is 2.58. The SMILES string of the molecule is COc1ccc(C(=O)NC(C(=O)NCCCCC(=O)O)C(C)C)cc1. The second-order valence-corrected chi connectivity index (χ2v) is 6.07. The Morgan fingerprint density at radius 3 is 2.28 bits per heavy atom. The van der Waals surface area contributed by atoms with Crippen molar-refractivity contribution in [2.75, 3.05) is 13.7 Å². The second-order valence-electron chi connectivity index (χ2n) is 6.07. The van der Waals surface area contributed by atoms with Crippen molar-refractivity contribution >= 4 is 17.8 Å². The van der Waals surface area contributed by atoms with Gasteiger partial charge in [-0.1, -0.05) is 13.8 Å². The van der Waals surface area contributed by atoms with Crippen molar-refractivity contribution in [3.63, 3.8) is 0 Å². The van der Waals surface area contributed by atoms with Crippen LogP contribution in [0.2, 0.25) is 0 Å².